The maximum Gasteiger partial charge on any atom is 0.338 e. The van der Waals surface area contributed by atoms with Gasteiger partial charge in [-0.3, -0.25) is 4.79 Å². The summed E-state index contributed by atoms with van der Waals surface area (Å²) in [5, 5.41) is 5.80. The van der Waals surface area contributed by atoms with Gasteiger partial charge in [0.05, 0.1) is 12.7 Å². The van der Waals surface area contributed by atoms with E-state index in [0.29, 0.717) is 17.7 Å². The quantitative estimate of drug-likeness (QED) is 0.606. The molecule has 0 bridgehead atoms. The second-order valence-electron chi connectivity index (χ2n) is 4.22. The van der Waals surface area contributed by atoms with Crippen molar-refractivity contribution in [3.05, 3.63) is 29.3 Å². The van der Waals surface area contributed by atoms with E-state index >= 15 is 0 Å². The van der Waals surface area contributed by atoms with E-state index in [9.17, 15) is 9.59 Å². The minimum absolute atomic E-state index is 0.0552. The number of hydrogen-bond donors (Lipinski definition) is 2. The number of methoxy groups -OCH3 is 1. The van der Waals surface area contributed by atoms with Gasteiger partial charge in [0, 0.05) is 12.1 Å². The van der Waals surface area contributed by atoms with Crippen LogP contribution in [0.1, 0.15) is 28.8 Å². The highest BCUT2D eigenvalue weighted by Gasteiger charge is 2.13. The lowest BCUT2D eigenvalue weighted by Gasteiger charge is -2.11. The van der Waals surface area contributed by atoms with Gasteiger partial charge in [-0.1, -0.05) is 6.07 Å². The normalized spacial score (nSPS) is 10.1. The van der Waals surface area contributed by atoms with Crippen molar-refractivity contribution in [2.75, 3.05) is 26.0 Å². The zero-order valence-electron chi connectivity index (χ0n) is 11.6. The Balaban J connectivity index is 2.73. The van der Waals surface area contributed by atoms with Gasteiger partial charge in [0.1, 0.15) is 0 Å². The van der Waals surface area contributed by atoms with Crippen molar-refractivity contribution in [3.63, 3.8) is 0 Å². The van der Waals surface area contributed by atoms with E-state index in [1.165, 1.54) is 7.11 Å². The summed E-state index contributed by atoms with van der Waals surface area (Å²) in [4.78, 5) is 23.3. The average Bonchev–Trinajstić information content (AvgIpc) is 2.40. The molecule has 1 rings (SSSR count). The predicted octanol–water partition coefficient (Wildman–Crippen LogP) is 1.72. The minimum atomic E-state index is -0.399. The van der Waals surface area contributed by atoms with Gasteiger partial charge in [-0.2, -0.15) is 0 Å². The Morgan fingerprint density at radius 1 is 1.32 bits per heavy atom. The van der Waals surface area contributed by atoms with Crippen LogP contribution in [0.2, 0.25) is 0 Å². The summed E-state index contributed by atoms with van der Waals surface area (Å²) in [5.41, 5.74) is 1.84. The molecule has 0 aliphatic carbocycles. The van der Waals surface area contributed by atoms with Crippen molar-refractivity contribution in [1.29, 1.82) is 0 Å². The zero-order valence-corrected chi connectivity index (χ0v) is 11.6. The molecule has 0 spiro atoms. The lowest BCUT2D eigenvalue weighted by Crippen LogP contribution is -2.16. The van der Waals surface area contributed by atoms with Crippen LogP contribution >= 0.6 is 0 Å². The van der Waals surface area contributed by atoms with E-state index in [-0.39, 0.29) is 5.91 Å². The summed E-state index contributed by atoms with van der Waals surface area (Å²) in [6.07, 6.45) is 1.22. The Labute approximate surface area is 113 Å². The van der Waals surface area contributed by atoms with Gasteiger partial charge >= 0.3 is 5.97 Å². The smallest absolute Gasteiger partial charge is 0.338 e. The Bertz CT molecular complexity index is 458. The molecule has 1 aromatic rings. The van der Waals surface area contributed by atoms with Crippen LogP contribution < -0.4 is 10.6 Å². The number of esters is 1. The molecular formula is C14H20N2O3. The van der Waals surface area contributed by atoms with E-state index < -0.39 is 5.97 Å². The molecule has 0 atom stereocenters. The number of carbonyl (C=O) groups excluding carboxylic acids is 2. The highest BCUT2D eigenvalue weighted by Crippen LogP contribution is 2.19. The van der Waals surface area contributed by atoms with E-state index in [4.69, 9.17) is 4.74 Å². The first kappa shape index (κ1) is 15.2. The number of carbonyl (C=O) groups is 2. The molecule has 0 unspecified atom stereocenters. The van der Waals surface area contributed by atoms with Gasteiger partial charge in [-0.05, 0) is 44.6 Å². The van der Waals surface area contributed by atoms with Gasteiger partial charge < -0.3 is 15.4 Å². The molecule has 5 nitrogen and oxygen atoms in total. The fourth-order valence-corrected chi connectivity index (χ4v) is 1.74. The van der Waals surface area contributed by atoms with E-state index in [1.54, 1.807) is 25.1 Å². The Hall–Kier alpha value is -1.88. The highest BCUT2D eigenvalue weighted by molar-refractivity contribution is 5.96. The van der Waals surface area contributed by atoms with Crippen LogP contribution in [0.3, 0.4) is 0 Å². The Morgan fingerprint density at radius 2 is 2.05 bits per heavy atom. The molecule has 0 aliphatic heterocycles. The van der Waals surface area contributed by atoms with Crippen molar-refractivity contribution in [2.45, 2.75) is 19.8 Å². The molecule has 0 heterocycles. The molecule has 0 radical (unpaired) electrons. The number of rotatable bonds is 6. The number of nitrogens with one attached hydrogen (secondary N) is 2. The standard InChI is InChI=1S/C14H20N2O3/c1-10-11(14(18)19-3)6-4-7-12(10)16-13(17)8-5-9-15-2/h4,6-7,15H,5,8-9H2,1-3H3,(H,16,17). The topological polar surface area (TPSA) is 67.4 Å². The summed E-state index contributed by atoms with van der Waals surface area (Å²) in [6, 6.07) is 5.18. The van der Waals surface area contributed by atoms with Crippen LogP contribution in [0.4, 0.5) is 5.69 Å². The minimum Gasteiger partial charge on any atom is -0.465 e. The number of amides is 1. The maximum atomic E-state index is 11.7. The van der Waals surface area contributed by atoms with Gasteiger partial charge in [-0.25, -0.2) is 4.79 Å². The Morgan fingerprint density at radius 3 is 2.68 bits per heavy atom. The summed E-state index contributed by atoms with van der Waals surface area (Å²) in [7, 11) is 3.19. The summed E-state index contributed by atoms with van der Waals surface area (Å²) in [6.45, 7) is 2.59. The first-order valence-electron chi connectivity index (χ1n) is 6.22. The maximum absolute atomic E-state index is 11.7. The van der Waals surface area contributed by atoms with E-state index in [0.717, 1.165) is 18.5 Å². The van der Waals surface area contributed by atoms with Gasteiger partial charge in [-0.15, -0.1) is 0 Å². The van der Waals surface area contributed by atoms with Crippen LogP contribution in [0.25, 0.3) is 0 Å². The lowest BCUT2D eigenvalue weighted by molar-refractivity contribution is -0.116. The fourth-order valence-electron chi connectivity index (χ4n) is 1.74. The van der Waals surface area contributed by atoms with Crippen LogP contribution in [-0.2, 0) is 9.53 Å². The van der Waals surface area contributed by atoms with Crippen molar-refractivity contribution in [2.24, 2.45) is 0 Å². The number of anilines is 1. The average molecular weight is 264 g/mol. The molecule has 2 N–H and O–H groups in total. The molecule has 5 heteroatoms. The molecule has 104 valence electrons. The van der Waals surface area contributed by atoms with Crippen LogP contribution in [0.15, 0.2) is 18.2 Å². The number of benzene rings is 1. The van der Waals surface area contributed by atoms with Crippen LogP contribution in [0.5, 0.6) is 0 Å². The molecule has 19 heavy (non-hydrogen) atoms. The monoisotopic (exact) mass is 264 g/mol. The second-order valence-corrected chi connectivity index (χ2v) is 4.22. The largest absolute Gasteiger partial charge is 0.465 e. The second kappa shape index (κ2) is 7.53. The molecule has 0 saturated carbocycles. The SMILES string of the molecule is CNCCCC(=O)Nc1cccc(C(=O)OC)c1C. The summed E-state index contributed by atoms with van der Waals surface area (Å²) < 4.78 is 4.70. The predicted molar refractivity (Wildman–Crippen MR) is 74.3 cm³/mol. The van der Waals surface area contributed by atoms with Crippen molar-refractivity contribution >= 4 is 17.6 Å². The molecule has 1 aromatic carbocycles. The van der Waals surface area contributed by atoms with Crippen LogP contribution in [0, 0.1) is 6.92 Å². The van der Waals surface area contributed by atoms with Gasteiger partial charge in [0.2, 0.25) is 5.91 Å². The van der Waals surface area contributed by atoms with Gasteiger partial charge in [0.25, 0.3) is 0 Å². The third kappa shape index (κ3) is 4.37. The Kier molecular flexibility index (Phi) is 6.02. The third-order valence-electron chi connectivity index (χ3n) is 2.84. The van der Waals surface area contributed by atoms with E-state index in [2.05, 4.69) is 10.6 Å². The van der Waals surface area contributed by atoms with E-state index in [1.807, 2.05) is 7.05 Å². The van der Waals surface area contributed by atoms with Crippen molar-refractivity contribution < 1.29 is 14.3 Å². The first-order valence-corrected chi connectivity index (χ1v) is 6.22. The molecule has 0 saturated heterocycles. The molecule has 0 aliphatic rings. The highest BCUT2D eigenvalue weighted by atomic mass is 16.5. The summed E-state index contributed by atoms with van der Waals surface area (Å²) in [5.74, 6) is -0.454. The molecule has 1 amide bonds. The van der Waals surface area contributed by atoms with Crippen LogP contribution in [-0.4, -0.2) is 32.6 Å². The fraction of sp³-hybridized carbons (Fsp3) is 0.429. The zero-order chi connectivity index (χ0) is 14.3. The number of ether oxygens (including phenoxy) is 1. The lowest BCUT2D eigenvalue weighted by atomic mass is 10.1. The molecule has 0 fully saturated rings. The number of hydrogen-bond acceptors (Lipinski definition) is 4. The van der Waals surface area contributed by atoms with Gasteiger partial charge in [0.15, 0.2) is 0 Å². The van der Waals surface area contributed by atoms with Crippen molar-refractivity contribution in [1.82, 2.24) is 5.32 Å². The van der Waals surface area contributed by atoms with Crippen molar-refractivity contribution in [3.8, 4) is 0 Å². The summed E-state index contributed by atoms with van der Waals surface area (Å²) >= 11 is 0. The first-order chi connectivity index (χ1) is 9.10. The molecule has 0 aromatic heterocycles. The molecular weight excluding hydrogens is 244 g/mol. The third-order valence-corrected chi connectivity index (χ3v) is 2.84.